The maximum Gasteiger partial charge on any atom is 0.271 e. The summed E-state index contributed by atoms with van der Waals surface area (Å²) in [5.74, 6) is -0.280. The van der Waals surface area contributed by atoms with Gasteiger partial charge in [-0.3, -0.25) is 19.6 Å². The average molecular weight is 362 g/mol. The van der Waals surface area contributed by atoms with E-state index in [1.807, 2.05) is 7.05 Å². The first-order chi connectivity index (χ1) is 9.48. The molecule has 108 valence electrons. The fourth-order valence-corrected chi connectivity index (χ4v) is 3.77. The van der Waals surface area contributed by atoms with Gasteiger partial charge in [-0.15, -0.1) is 0 Å². The van der Waals surface area contributed by atoms with E-state index >= 15 is 0 Å². The number of pyridine rings is 1. The van der Waals surface area contributed by atoms with Crippen LogP contribution in [0, 0.1) is 0 Å². The van der Waals surface area contributed by atoms with Crippen molar-refractivity contribution in [2.45, 2.75) is 18.5 Å². The van der Waals surface area contributed by atoms with Crippen LogP contribution in [0.1, 0.15) is 23.3 Å². The van der Waals surface area contributed by atoms with Gasteiger partial charge in [0.2, 0.25) is 0 Å². The molecule has 0 unspecified atom stereocenters. The summed E-state index contributed by atoms with van der Waals surface area (Å²) in [6, 6.07) is 1.48. The molecule has 1 fully saturated rings. The molecule has 6 nitrogen and oxygen atoms in total. The van der Waals surface area contributed by atoms with Crippen molar-refractivity contribution in [1.29, 1.82) is 0 Å². The van der Waals surface area contributed by atoms with Crippen LogP contribution in [0.5, 0.6) is 0 Å². The third kappa shape index (κ3) is 1.92. The first kappa shape index (κ1) is 14.1. The molecule has 20 heavy (non-hydrogen) atoms. The second-order valence-corrected chi connectivity index (χ2v) is 6.29. The number of nitrogens with zero attached hydrogens (tertiary/aromatic N) is 2. The summed E-state index contributed by atoms with van der Waals surface area (Å²) in [5, 5.41) is 5.30. The smallest absolute Gasteiger partial charge is 0.271 e. The normalized spacial score (nSPS) is 21.1. The minimum Gasteiger partial charge on any atom is -0.327 e. The number of hydrogen-bond donors (Lipinski definition) is 2. The minimum absolute atomic E-state index is 0.222. The number of hydrazine groups is 1. The summed E-state index contributed by atoms with van der Waals surface area (Å²) in [6.07, 6.45) is 1.30. The highest BCUT2D eigenvalue weighted by molar-refractivity contribution is 9.10. The number of rotatable bonds is 1. The summed E-state index contributed by atoms with van der Waals surface area (Å²) in [4.78, 5) is 24.6. The van der Waals surface area contributed by atoms with E-state index in [4.69, 9.17) is 11.6 Å². The Hall–Kier alpha value is -0.890. The maximum atomic E-state index is 12.4. The molecule has 1 aromatic rings. The predicted octanol–water partition coefficient (Wildman–Crippen LogP) is 0.891. The molecule has 1 saturated heterocycles. The third-order valence-corrected chi connectivity index (χ3v) is 4.86. The Morgan fingerprint density at radius 2 is 2.05 bits per heavy atom. The van der Waals surface area contributed by atoms with Crippen LogP contribution in [0.3, 0.4) is 0 Å². The van der Waals surface area contributed by atoms with Gasteiger partial charge in [0.25, 0.3) is 11.5 Å². The lowest BCUT2D eigenvalue weighted by Crippen LogP contribution is -2.56. The van der Waals surface area contributed by atoms with Crippen molar-refractivity contribution < 1.29 is 4.79 Å². The summed E-state index contributed by atoms with van der Waals surface area (Å²) in [5.41, 5.74) is 2.46. The van der Waals surface area contributed by atoms with Gasteiger partial charge in [-0.1, -0.05) is 11.6 Å². The number of nitrogens with one attached hydrogen (secondary N) is 2. The lowest BCUT2D eigenvalue weighted by Gasteiger charge is -2.39. The molecule has 0 radical (unpaired) electrons. The largest absolute Gasteiger partial charge is 0.327 e. The summed E-state index contributed by atoms with van der Waals surface area (Å²) >= 11 is 9.34. The van der Waals surface area contributed by atoms with Crippen LogP contribution >= 0.6 is 27.5 Å². The van der Waals surface area contributed by atoms with Crippen molar-refractivity contribution in [3.05, 3.63) is 31.6 Å². The van der Waals surface area contributed by atoms with Crippen LogP contribution < -0.4 is 16.3 Å². The number of carbonyl (C=O) groups is 1. The van der Waals surface area contributed by atoms with Crippen LogP contribution in [0.4, 0.5) is 0 Å². The van der Waals surface area contributed by atoms with E-state index in [0.29, 0.717) is 22.3 Å². The molecule has 3 heterocycles. The molecule has 0 bridgehead atoms. The molecule has 8 heteroatoms. The zero-order valence-corrected chi connectivity index (χ0v) is 13.2. The molecule has 2 aliphatic heterocycles. The van der Waals surface area contributed by atoms with Crippen molar-refractivity contribution in [2.75, 3.05) is 20.1 Å². The van der Waals surface area contributed by atoms with E-state index in [-0.39, 0.29) is 17.2 Å². The summed E-state index contributed by atoms with van der Waals surface area (Å²) < 4.78 is 1.90. The van der Waals surface area contributed by atoms with Gasteiger partial charge in [0.15, 0.2) is 0 Å². The molecule has 1 amide bonds. The van der Waals surface area contributed by atoms with E-state index in [9.17, 15) is 9.59 Å². The van der Waals surface area contributed by atoms with Gasteiger partial charge < -0.3 is 5.32 Å². The van der Waals surface area contributed by atoms with Crippen molar-refractivity contribution in [1.82, 2.24) is 20.3 Å². The number of piperidine rings is 1. The van der Waals surface area contributed by atoms with Gasteiger partial charge in [0.05, 0.1) is 9.50 Å². The lowest BCUT2D eigenvalue weighted by atomic mass is 9.98. The monoisotopic (exact) mass is 360 g/mol. The topological polar surface area (TPSA) is 66.4 Å². The molecule has 0 aromatic carbocycles. The first-order valence-corrected chi connectivity index (χ1v) is 7.52. The van der Waals surface area contributed by atoms with Crippen molar-refractivity contribution in [3.8, 4) is 0 Å². The second-order valence-electron chi connectivity index (χ2n) is 5.03. The highest BCUT2D eigenvalue weighted by atomic mass is 79.9. The van der Waals surface area contributed by atoms with E-state index < -0.39 is 5.66 Å². The SMILES string of the molecule is CNN1CCC2(CC1)NC(=O)c1c(Cl)cc(Br)c(=O)n12. The number of aromatic nitrogens is 1. The summed E-state index contributed by atoms with van der Waals surface area (Å²) in [7, 11) is 1.86. The lowest BCUT2D eigenvalue weighted by molar-refractivity contribution is 0.0602. The quantitative estimate of drug-likeness (QED) is 0.780. The molecule has 2 N–H and O–H groups in total. The molecule has 1 aromatic heterocycles. The number of fused-ring (bicyclic) bond motifs is 2. The van der Waals surface area contributed by atoms with Crippen molar-refractivity contribution in [3.63, 3.8) is 0 Å². The molecular weight excluding hydrogens is 348 g/mol. The van der Waals surface area contributed by atoms with Gasteiger partial charge in [-0.2, -0.15) is 0 Å². The number of hydrogen-bond acceptors (Lipinski definition) is 4. The number of carbonyl (C=O) groups excluding carboxylic acids is 1. The summed E-state index contributed by atoms with van der Waals surface area (Å²) in [6.45, 7) is 1.49. The highest BCUT2D eigenvalue weighted by Gasteiger charge is 2.46. The van der Waals surface area contributed by atoms with Crippen LogP contribution in [0.15, 0.2) is 15.3 Å². The molecule has 1 spiro atoms. The zero-order valence-electron chi connectivity index (χ0n) is 10.9. The molecule has 2 aliphatic rings. The standard InChI is InChI=1S/C12H14BrClN4O2/c1-15-17-4-2-12(3-5-17)16-10(19)9-8(14)6-7(13)11(20)18(9)12/h6,15H,2-5H2,1H3,(H,16,19). The zero-order chi connectivity index (χ0) is 14.5. The Balaban J connectivity index is 2.12. The second kappa shape index (κ2) is 4.84. The molecule has 0 aliphatic carbocycles. The molecule has 3 rings (SSSR count). The number of amides is 1. The van der Waals surface area contributed by atoms with Crippen LogP contribution in [0.2, 0.25) is 5.02 Å². The Kier molecular flexibility index (Phi) is 3.40. The third-order valence-electron chi connectivity index (χ3n) is 4.01. The fraction of sp³-hybridized carbons (Fsp3) is 0.500. The number of halogens is 2. The van der Waals surface area contributed by atoms with E-state index in [1.54, 1.807) is 0 Å². The first-order valence-electron chi connectivity index (χ1n) is 6.35. The Morgan fingerprint density at radius 1 is 1.40 bits per heavy atom. The van der Waals surface area contributed by atoms with Gasteiger partial charge in [0, 0.05) is 25.9 Å². The molecule has 0 atom stereocenters. The van der Waals surface area contributed by atoms with Crippen molar-refractivity contribution in [2.24, 2.45) is 0 Å². The van der Waals surface area contributed by atoms with E-state index in [0.717, 1.165) is 13.1 Å². The van der Waals surface area contributed by atoms with Gasteiger partial charge >= 0.3 is 0 Å². The van der Waals surface area contributed by atoms with Crippen LogP contribution in [-0.2, 0) is 5.66 Å². The van der Waals surface area contributed by atoms with Crippen LogP contribution in [-0.4, -0.2) is 35.6 Å². The molecule has 0 saturated carbocycles. The minimum atomic E-state index is -0.662. The molecular formula is C12H14BrClN4O2. The predicted molar refractivity (Wildman–Crippen MR) is 78.7 cm³/mol. The van der Waals surface area contributed by atoms with E-state index in [1.165, 1.54) is 10.6 Å². The van der Waals surface area contributed by atoms with Gasteiger partial charge in [-0.05, 0) is 29.0 Å². The van der Waals surface area contributed by atoms with Crippen molar-refractivity contribution >= 4 is 33.4 Å². The Morgan fingerprint density at radius 3 is 2.65 bits per heavy atom. The van der Waals surface area contributed by atoms with Gasteiger partial charge in [-0.25, -0.2) is 5.01 Å². The van der Waals surface area contributed by atoms with Crippen LogP contribution in [0.25, 0.3) is 0 Å². The fourth-order valence-electron chi connectivity index (χ4n) is 2.95. The Labute approximate surface area is 129 Å². The average Bonchev–Trinajstić information content (AvgIpc) is 2.70. The van der Waals surface area contributed by atoms with Gasteiger partial charge in [0.1, 0.15) is 11.4 Å². The maximum absolute atomic E-state index is 12.4. The highest BCUT2D eigenvalue weighted by Crippen LogP contribution is 2.34. The van der Waals surface area contributed by atoms with E-state index in [2.05, 4.69) is 31.7 Å². The Bertz CT molecular complexity index is 637.